The van der Waals surface area contributed by atoms with Crippen LogP contribution in [0.25, 0.3) is 22.9 Å². The van der Waals surface area contributed by atoms with Gasteiger partial charge in [0.1, 0.15) is 11.1 Å². The van der Waals surface area contributed by atoms with Crippen molar-refractivity contribution < 1.29 is 14.7 Å². The van der Waals surface area contributed by atoms with Crippen LogP contribution in [0.15, 0.2) is 47.1 Å². The lowest BCUT2D eigenvalue weighted by Gasteiger charge is -2.36. The summed E-state index contributed by atoms with van der Waals surface area (Å²) < 4.78 is 3.99. The van der Waals surface area contributed by atoms with Crippen LogP contribution in [0.2, 0.25) is 0 Å². The number of para-hydroxylation sites is 2. The third kappa shape index (κ3) is 1.79. The van der Waals surface area contributed by atoms with E-state index in [9.17, 15) is 9.59 Å². The lowest BCUT2D eigenvalue weighted by Crippen LogP contribution is -2.51. The number of hydrogen-bond acceptors (Lipinski definition) is 4. The number of carboxylic acid groups (broad SMARTS) is 1. The number of thioether (sulfide) groups is 1. The highest BCUT2D eigenvalue weighted by atomic mass is 32.2. The van der Waals surface area contributed by atoms with Gasteiger partial charge in [0.15, 0.2) is 0 Å². The molecular weight excluding hydrogens is 340 g/mol. The number of rotatable bonds is 2. The van der Waals surface area contributed by atoms with Gasteiger partial charge >= 0.3 is 5.97 Å². The maximum atomic E-state index is 12.3. The zero-order valence-electron chi connectivity index (χ0n) is 13.1. The molecule has 0 spiro atoms. The first-order valence-electron chi connectivity index (χ1n) is 7.63. The molecule has 0 radical (unpaired) electrons. The largest absolute Gasteiger partial charge is 0.477 e. The molecule has 7 nitrogen and oxygen atoms in total. The van der Waals surface area contributed by atoms with E-state index in [1.54, 1.807) is 6.08 Å². The molecule has 2 aliphatic rings. The van der Waals surface area contributed by atoms with Gasteiger partial charge in [-0.15, -0.1) is 11.8 Å². The fourth-order valence-electron chi connectivity index (χ4n) is 3.36. The Balaban J connectivity index is 1.55. The summed E-state index contributed by atoms with van der Waals surface area (Å²) in [5, 5.41) is 10.4. The summed E-state index contributed by atoms with van der Waals surface area (Å²) in [7, 11) is 1.95. The van der Waals surface area contributed by atoms with Crippen molar-refractivity contribution in [3.05, 3.63) is 52.8 Å². The minimum atomic E-state index is -1.08. The number of aryl methyl sites for hydroxylation is 1. The molecule has 0 saturated carbocycles. The van der Waals surface area contributed by atoms with Gasteiger partial charge in [0, 0.05) is 18.7 Å². The predicted octanol–water partition coefficient (Wildman–Crippen LogP) is 2.05. The van der Waals surface area contributed by atoms with E-state index in [1.807, 2.05) is 46.5 Å². The molecule has 2 aliphatic heterocycles. The molecule has 3 aromatic rings. The molecule has 1 amide bonds. The number of carbonyl (C=O) groups is 2. The number of carbonyl (C=O) groups excluding carboxylic acids is 1. The number of amides is 1. The number of aromatic nitrogens is 3. The van der Waals surface area contributed by atoms with Crippen molar-refractivity contribution in [3.8, 4) is 0 Å². The first kappa shape index (κ1) is 14.4. The second kappa shape index (κ2) is 4.76. The molecule has 1 N–H and O–H groups in total. The number of hydrogen-bond donors (Lipinski definition) is 1. The number of imidazole rings is 2. The summed E-state index contributed by atoms with van der Waals surface area (Å²) in [6, 6.07) is 8.01. The summed E-state index contributed by atoms with van der Waals surface area (Å²) in [4.78, 5) is 29.3. The fraction of sp³-hybridized carbons (Fsp3) is 0.118. The topological polar surface area (TPSA) is 79.8 Å². The molecule has 4 heterocycles. The first-order valence-corrected chi connectivity index (χ1v) is 8.57. The first-order chi connectivity index (χ1) is 12.1. The zero-order valence-corrected chi connectivity index (χ0v) is 13.9. The van der Waals surface area contributed by atoms with Crippen molar-refractivity contribution in [2.75, 3.05) is 0 Å². The van der Waals surface area contributed by atoms with Crippen molar-refractivity contribution in [2.24, 2.45) is 7.05 Å². The van der Waals surface area contributed by atoms with E-state index in [4.69, 9.17) is 5.11 Å². The zero-order chi connectivity index (χ0) is 17.3. The maximum absolute atomic E-state index is 12.3. The van der Waals surface area contributed by atoms with Crippen LogP contribution >= 0.6 is 11.8 Å². The van der Waals surface area contributed by atoms with Crippen LogP contribution in [0.3, 0.4) is 0 Å². The highest BCUT2D eigenvalue weighted by Crippen LogP contribution is 2.45. The maximum Gasteiger partial charge on any atom is 0.353 e. The Morgan fingerprint density at radius 1 is 1.32 bits per heavy atom. The molecule has 0 bridgehead atoms. The minimum absolute atomic E-state index is 0.0399. The highest BCUT2D eigenvalue weighted by Gasteiger charge is 2.49. The second-order valence-electron chi connectivity index (χ2n) is 5.96. The van der Waals surface area contributed by atoms with Gasteiger partial charge in [-0.1, -0.05) is 12.1 Å². The third-order valence-corrected chi connectivity index (χ3v) is 5.65. The standard InChI is InChI=1S/C17H12N4O3S/c1-19-11-4-2-3-5-12(11)20-7-9(18-17(19)20)6-10-14(22)21-13(16(23)24)8-25-15(10)21/h2-8,15H,1H3,(H,23,24)/b10-6-/t15-/m1/s1. The fourth-order valence-corrected chi connectivity index (χ4v) is 4.48. The molecular formula is C17H12N4O3S. The molecule has 8 heteroatoms. The molecule has 1 saturated heterocycles. The number of carboxylic acids is 1. The Kier molecular flexibility index (Phi) is 2.73. The smallest absolute Gasteiger partial charge is 0.353 e. The van der Waals surface area contributed by atoms with Crippen LogP contribution in [0.4, 0.5) is 0 Å². The van der Waals surface area contributed by atoms with Gasteiger partial charge in [0.2, 0.25) is 5.78 Å². The van der Waals surface area contributed by atoms with Crippen LogP contribution in [-0.2, 0) is 16.6 Å². The van der Waals surface area contributed by atoms with Crippen molar-refractivity contribution in [2.45, 2.75) is 5.37 Å². The highest BCUT2D eigenvalue weighted by molar-refractivity contribution is 8.03. The average molecular weight is 352 g/mol. The predicted molar refractivity (Wildman–Crippen MR) is 93.6 cm³/mol. The SMILES string of the molecule is Cn1c2ccccc2n2cc(/C=C3/C(=O)N4C(C(=O)O)=CS[C@H]34)nc12. The normalized spacial score (nSPS) is 21.1. The summed E-state index contributed by atoms with van der Waals surface area (Å²) >= 11 is 1.33. The lowest BCUT2D eigenvalue weighted by atomic mass is 10.0. The van der Waals surface area contributed by atoms with E-state index >= 15 is 0 Å². The summed E-state index contributed by atoms with van der Waals surface area (Å²) in [5.74, 6) is -0.563. The number of β-lactam (4-membered cyclic amide) rings is 1. The van der Waals surface area contributed by atoms with Crippen molar-refractivity contribution in [1.29, 1.82) is 0 Å². The number of benzene rings is 1. The van der Waals surface area contributed by atoms with E-state index in [1.165, 1.54) is 22.1 Å². The van der Waals surface area contributed by atoms with Crippen molar-refractivity contribution in [3.63, 3.8) is 0 Å². The Morgan fingerprint density at radius 2 is 2.08 bits per heavy atom. The van der Waals surface area contributed by atoms with Gasteiger partial charge < -0.3 is 9.67 Å². The minimum Gasteiger partial charge on any atom is -0.477 e. The average Bonchev–Trinajstić information content (AvgIpc) is 3.26. The molecule has 0 unspecified atom stereocenters. The van der Waals surface area contributed by atoms with Gasteiger partial charge in [-0.3, -0.25) is 14.1 Å². The molecule has 1 fully saturated rings. The Morgan fingerprint density at radius 3 is 2.84 bits per heavy atom. The Labute approximate surface area is 145 Å². The quantitative estimate of drug-likeness (QED) is 0.564. The Hall–Kier alpha value is -3.00. The van der Waals surface area contributed by atoms with Crippen LogP contribution in [-0.4, -0.2) is 41.2 Å². The number of aliphatic carboxylic acids is 1. The van der Waals surface area contributed by atoms with Crippen molar-refractivity contribution >= 4 is 46.5 Å². The van der Waals surface area contributed by atoms with Crippen molar-refractivity contribution in [1.82, 2.24) is 18.9 Å². The van der Waals surface area contributed by atoms with Crippen LogP contribution in [0, 0.1) is 0 Å². The molecule has 1 aromatic carbocycles. The molecule has 2 aromatic heterocycles. The molecule has 25 heavy (non-hydrogen) atoms. The molecule has 0 aliphatic carbocycles. The van der Waals surface area contributed by atoms with Gasteiger partial charge in [0.05, 0.1) is 22.3 Å². The van der Waals surface area contributed by atoms with Crippen LogP contribution in [0.1, 0.15) is 5.69 Å². The van der Waals surface area contributed by atoms with Gasteiger partial charge in [-0.05, 0) is 18.2 Å². The lowest BCUT2D eigenvalue weighted by molar-refractivity contribution is -0.141. The van der Waals surface area contributed by atoms with E-state index in [-0.39, 0.29) is 17.0 Å². The van der Waals surface area contributed by atoms with E-state index in [0.717, 1.165) is 16.8 Å². The third-order valence-electron chi connectivity index (χ3n) is 4.57. The van der Waals surface area contributed by atoms with Gasteiger partial charge in [-0.25, -0.2) is 9.78 Å². The summed E-state index contributed by atoms with van der Waals surface area (Å²) in [6.07, 6.45) is 3.64. The monoisotopic (exact) mass is 352 g/mol. The number of nitrogens with zero attached hydrogens (tertiary/aromatic N) is 4. The van der Waals surface area contributed by atoms with Gasteiger partial charge in [-0.2, -0.15) is 0 Å². The van der Waals surface area contributed by atoms with Gasteiger partial charge in [0.25, 0.3) is 5.91 Å². The van der Waals surface area contributed by atoms with Crippen LogP contribution in [0.5, 0.6) is 0 Å². The summed E-state index contributed by atoms with van der Waals surface area (Å²) in [6.45, 7) is 0. The summed E-state index contributed by atoms with van der Waals surface area (Å²) in [5.41, 5.74) is 3.42. The molecule has 124 valence electrons. The number of fused-ring (bicyclic) bond motifs is 4. The van der Waals surface area contributed by atoms with E-state index in [0.29, 0.717) is 11.3 Å². The van der Waals surface area contributed by atoms with E-state index in [2.05, 4.69) is 4.98 Å². The molecule has 1 atom stereocenters. The Bertz CT molecular complexity index is 1150. The van der Waals surface area contributed by atoms with Crippen LogP contribution < -0.4 is 0 Å². The second-order valence-corrected chi connectivity index (χ2v) is 6.91. The van der Waals surface area contributed by atoms with E-state index < -0.39 is 5.97 Å². The molecule has 5 rings (SSSR count).